The van der Waals surface area contributed by atoms with Crippen LogP contribution in [0.15, 0.2) is 0 Å². The molecule has 0 spiro atoms. The molecule has 0 aromatic heterocycles. The standard InChI is InChI=1S/C19H33ClF2N2O5S/c1-9(20)13(17-15(26)14(25)16(27)19(29-17)30-2)24-18(28)11-5-3-10(7-8-23-11)4-6-12(21)22/h9-17,19,23,25-27H,3-8H2,1-2H3,(H,24,28)/t9-,10+,11?,13+,14-,15+,16+,17+,19+/m0/s1. The summed E-state index contributed by atoms with van der Waals surface area (Å²) in [7, 11) is 0. The quantitative estimate of drug-likeness (QED) is 0.335. The number of hydrogen-bond acceptors (Lipinski definition) is 7. The smallest absolute Gasteiger partial charge is 0.238 e. The minimum atomic E-state index is -2.31. The van der Waals surface area contributed by atoms with Gasteiger partial charge in [0.1, 0.15) is 29.9 Å². The van der Waals surface area contributed by atoms with E-state index in [0.717, 1.165) is 6.42 Å². The van der Waals surface area contributed by atoms with Crippen LogP contribution in [0.2, 0.25) is 0 Å². The first-order chi connectivity index (χ1) is 14.1. The molecule has 0 saturated carbocycles. The molecule has 11 heteroatoms. The van der Waals surface area contributed by atoms with Gasteiger partial charge >= 0.3 is 0 Å². The highest BCUT2D eigenvalue weighted by molar-refractivity contribution is 7.99. The van der Waals surface area contributed by atoms with E-state index in [9.17, 15) is 28.9 Å². The van der Waals surface area contributed by atoms with E-state index in [1.807, 2.05) is 0 Å². The van der Waals surface area contributed by atoms with Crippen molar-refractivity contribution in [2.75, 3.05) is 12.8 Å². The Morgan fingerprint density at radius 3 is 2.53 bits per heavy atom. The molecule has 2 aliphatic rings. The molecule has 0 radical (unpaired) electrons. The van der Waals surface area contributed by atoms with Crippen molar-refractivity contribution in [3.05, 3.63) is 0 Å². The number of aliphatic hydroxyl groups is 3. The van der Waals surface area contributed by atoms with Gasteiger partial charge in [0.2, 0.25) is 12.3 Å². The Labute approximate surface area is 185 Å². The third kappa shape index (κ3) is 6.88. The Balaban J connectivity index is 2.00. The van der Waals surface area contributed by atoms with Crippen molar-refractivity contribution >= 4 is 29.3 Å². The molecule has 30 heavy (non-hydrogen) atoms. The highest BCUT2D eigenvalue weighted by atomic mass is 35.5. The van der Waals surface area contributed by atoms with Crippen molar-refractivity contribution in [3.63, 3.8) is 0 Å². The summed E-state index contributed by atoms with van der Waals surface area (Å²) in [6, 6.07) is -1.31. The Bertz CT molecular complexity index is 549. The highest BCUT2D eigenvalue weighted by Crippen LogP contribution is 2.30. The van der Waals surface area contributed by atoms with E-state index in [-0.39, 0.29) is 18.2 Å². The number of ether oxygens (including phenoxy) is 1. The number of aliphatic hydroxyl groups excluding tert-OH is 3. The maximum Gasteiger partial charge on any atom is 0.238 e. The molecule has 176 valence electrons. The number of nitrogens with one attached hydrogen (secondary N) is 2. The van der Waals surface area contributed by atoms with Crippen LogP contribution < -0.4 is 10.6 Å². The van der Waals surface area contributed by atoms with Crippen LogP contribution in [0.25, 0.3) is 0 Å². The van der Waals surface area contributed by atoms with Gasteiger partial charge in [0.15, 0.2) is 0 Å². The summed E-state index contributed by atoms with van der Waals surface area (Å²) in [5.74, 6) is -0.173. The number of rotatable bonds is 8. The predicted octanol–water partition coefficient (Wildman–Crippen LogP) is 1.07. The van der Waals surface area contributed by atoms with Gasteiger partial charge in [-0.15, -0.1) is 23.4 Å². The first kappa shape index (κ1) is 26.0. The second kappa shape index (κ2) is 12.1. The molecule has 1 amide bonds. The SMILES string of the molecule is CS[C@H]1O[C@H]([C@H](NC(=O)C2CC[C@H](CCC(F)F)CCN2)[C@H](C)Cl)[C@H](O)[C@H](O)[C@H]1O. The third-order valence-electron chi connectivity index (χ3n) is 5.91. The van der Waals surface area contributed by atoms with Crippen molar-refractivity contribution in [3.8, 4) is 0 Å². The fraction of sp³-hybridized carbons (Fsp3) is 0.947. The van der Waals surface area contributed by atoms with Gasteiger partial charge < -0.3 is 30.7 Å². The molecule has 0 aliphatic carbocycles. The largest absolute Gasteiger partial charge is 0.388 e. The Morgan fingerprint density at radius 2 is 1.93 bits per heavy atom. The zero-order valence-electron chi connectivity index (χ0n) is 17.2. The van der Waals surface area contributed by atoms with Crippen LogP contribution in [0.3, 0.4) is 0 Å². The van der Waals surface area contributed by atoms with Gasteiger partial charge in [0, 0.05) is 6.42 Å². The second-order valence-electron chi connectivity index (χ2n) is 8.10. The first-order valence-electron chi connectivity index (χ1n) is 10.3. The normalized spacial score (nSPS) is 37.4. The number of carbonyl (C=O) groups excluding carboxylic acids is 1. The molecule has 2 saturated heterocycles. The fourth-order valence-electron chi connectivity index (χ4n) is 4.07. The van der Waals surface area contributed by atoms with E-state index in [1.54, 1.807) is 13.2 Å². The lowest BCUT2D eigenvalue weighted by Crippen LogP contribution is -2.65. The third-order valence-corrected chi connectivity index (χ3v) is 7.04. The average molecular weight is 475 g/mol. The maximum absolute atomic E-state index is 12.9. The van der Waals surface area contributed by atoms with Crippen LogP contribution >= 0.6 is 23.4 Å². The van der Waals surface area contributed by atoms with Crippen molar-refractivity contribution in [2.24, 2.45) is 5.92 Å². The summed E-state index contributed by atoms with van der Waals surface area (Å²) < 4.78 is 30.7. The number of carbonyl (C=O) groups is 1. The second-order valence-corrected chi connectivity index (χ2v) is 9.72. The Morgan fingerprint density at radius 1 is 1.23 bits per heavy atom. The first-order valence-corrected chi connectivity index (χ1v) is 12.1. The van der Waals surface area contributed by atoms with Crippen LogP contribution in [0.4, 0.5) is 8.78 Å². The number of alkyl halides is 3. The van der Waals surface area contributed by atoms with E-state index in [2.05, 4.69) is 10.6 Å². The number of amides is 1. The van der Waals surface area contributed by atoms with E-state index >= 15 is 0 Å². The van der Waals surface area contributed by atoms with Crippen LogP contribution in [0, 0.1) is 5.92 Å². The highest BCUT2D eigenvalue weighted by Gasteiger charge is 2.48. The zero-order valence-corrected chi connectivity index (χ0v) is 18.8. The van der Waals surface area contributed by atoms with Crippen LogP contribution in [0.5, 0.6) is 0 Å². The van der Waals surface area contributed by atoms with Gasteiger partial charge in [-0.1, -0.05) is 0 Å². The van der Waals surface area contributed by atoms with Crippen molar-refractivity contribution in [1.29, 1.82) is 0 Å². The molecule has 2 aliphatic heterocycles. The molecule has 7 nitrogen and oxygen atoms in total. The molecule has 1 unspecified atom stereocenters. The molecule has 9 atom stereocenters. The molecule has 0 bridgehead atoms. The lowest BCUT2D eigenvalue weighted by Gasteiger charge is -2.44. The number of halogens is 3. The average Bonchev–Trinajstić information content (AvgIpc) is 2.95. The summed E-state index contributed by atoms with van der Waals surface area (Å²) in [5, 5.41) is 36.0. The van der Waals surface area contributed by atoms with E-state index in [4.69, 9.17) is 16.3 Å². The minimum absolute atomic E-state index is 0.130. The molecule has 2 fully saturated rings. The fourth-order valence-corrected chi connectivity index (χ4v) is 4.96. The lowest BCUT2D eigenvalue weighted by atomic mass is 9.92. The maximum atomic E-state index is 12.9. The Hall–Kier alpha value is -0.230. The molecular formula is C19H33ClF2N2O5S. The van der Waals surface area contributed by atoms with E-state index in [1.165, 1.54) is 11.8 Å². The van der Waals surface area contributed by atoms with Crippen molar-refractivity contribution in [1.82, 2.24) is 10.6 Å². The van der Waals surface area contributed by atoms with E-state index in [0.29, 0.717) is 25.8 Å². The zero-order chi connectivity index (χ0) is 22.4. The van der Waals surface area contributed by atoms with Gasteiger partial charge in [0.25, 0.3) is 0 Å². The van der Waals surface area contributed by atoms with Gasteiger partial charge in [-0.25, -0.2) is 8.78 Å². The van der Waals surface area contributed by atoms with Gasteiger partial charge in [0.05, 0.1) is 17.5 Å². The molecule has 0 aromatic carbocycles. The topological polar surface area (TPSA) is 111 Å². The number of thioether (sulfide) groups is 1. The summed E-state index contributed by atoms with van der Waals surface area (Å²) in [5.41, 5.74) is -0.769. The minimum Gasteiger partial charge on any atom is -0.388 e. The monoisotopic (exact) mass is 474 g/mol. The molecule has 5 N–H and O–H groups in total. The van der Waals surface area contributed by atoms with E-state index < -0.39 is 53.7 Å². The van der Waals surface area contributed by atoms with Crippen LogP contribution in [-0.2, 0) is 9.53 Å². The molecular weight excluding hydrogens is 442 g/mol. The molecule has 2 heterocycles. The summed E-state index contributed by atoms with van der Waals surface area (Å²) >= 11 is 7.46. The van der Waals surface area contributed by atoms with Gasteiger partial charge in [-0.2, -0.15) is 0 Å². The summed E-state index contributed by atoms with van der Waals surface area (Å²) in [6.07, 6.45) is -3.51. The Kier molecular flexibility index (Phi) is 10.5. The number of hydrogen-bond donors (Lipinski definition) is 5. The summed E-state index contributed by atoms with van der Waals surface area (Å²) in [4.78, 5) is 12.9. The van der Waals surface area contributed by atoms with Crippen LogP contribution in [-0.4, -0.2) is 87.8 Å². The lowest BCUT2D eigenvalue weighted by molar-refractivity contribution is -0.205. The molecule has 0 aromatic rings. The van der Waals surface area contributed by atoms with Crippen LogP contribution in [0.1, 0.15) is 39.0 Å². The van der Waals surface area contributed by atoms with Crippen molar-refractivity contribution < 1.29 is 33.6 Å². The van der Waals surface area contributed by atoms with Crippen molar-refractivity contribution in [2.45, 2.75) is 92.8 Å². The predicted molar refractivity (Wildman–Crippen MR) is 112 cm³/mol. The molecule has 2 rings (SSSR count). The van der Waals surface area contributed by atoms with Gasteiger partial charge in [-0.3, -0.25) is 4.79 Å². The van der Waals surface area contributed by atoms with Gasteiger partial charge in [-0.05, 0) is 51.3 Å². The summed E-state index contributed by atoms with van der Waals surface area (Å²) in [6.45, 7) is 2.20.